The molecule has 27 heavy (non-hydrogen) atoms. The molecule has 0 bridgehead atoms. The van der Waals surface area contributed by atoms with E-state index in [-0.39, 0.29) is 12.6 Å². The van der Waals surface area contributed by atoms with Gasteiger partial charge in [0.25, 0.3) is 5.97 Å². The zero-order valence-corrected chi connectivity index (χ0v) is 17.6. The Morgan fingerprint density at radius 1 is 1.11 bits per heavy atom. The largest absolute Gasteiger partial charge is 0.481 e. The highest BCUT2D eigenvalue weighted by molar-refractivity contribution is 5.78. The van der Waals surface area contributed by atoms with E-state index < -0.39 is 18.0 Å². The second kappa shape index (κ2) is 31.8. The predicted molar refractivity (Wildman–Crippen MR) is 104 cm³/mol. The standard InChI is InChI=1S/C8H16O2.C3H8O2.C3H4O2.C2H4O2.C2H6O/c1-4-8(9)10-6-5-7(2)3;1-3(5)2-4;1-2-3(4)5;1-2(3)4;1-3-2/h7H,4-6H2,1-3H3;3-5H,2H2,1H3;2H,1H2,(H,4,5);1H3,(H,3,4);1-2H3. The van der Waals surface area contributed by atoms with Crippen LogP contribution in [0.3, 0.4) is 0 Å². The van der Waals surface area contributed by atoms with Crippen LogP contribution in [0.25, 0.3) is 0 Å². The smallest absolute Gasteiger partial charge is 0.327 e. The summed E-state index contributed by atoms with van der Waals surface area (Å²) in [4.78, 5) is 28.8. The first kappa shape index (κ1) is 36.0. The Hall–Kier alpha value is -1.97. The summed E-state index contributed by atoms with van der Waals surface area (Å²) in [5, 5.41) is 31.0. The lowest BCUT2D eigenvalue weighted by molar-refractivity contribution is -0.143. The number of carbonyl (C=O) groups is 3. The van der Waals surface area contributed by atoms with Crippen LogP contribution in [0.1, 0.15) is 47.5 Å². The maximum atomic E-state index is 10.6. The minimum atomic E-state index is -0.981. The zero-order valence-electron chi connectivity index (χ0n) is 17.6. The summed E-state index contributed by atoms with van der Waals surface area (Å²) >= 11 is 0. The normalized spacial score (nSPS) is 9.26. The highest BCUT2D eigenvalue weighted by Crippen LogP contribution is 1.99. The number of carbonyl (C=O) groups excluding carboxylic acids is 1. The molecule has 1 atom stereocenters. The SMILES string of the molecule is C=CC(=O)O.CC(=O)O.CC(O)CO.CCC(=O)OCCC(C)C.COC. The number of carboxylic acid groups (broad SMARTS) is 2. The Kier molecular flexibility index (Phi) is 42.4. The molecule has 0 aromatic rings. The summed E-state index contributed by atoms with van der Waals surface area (Å²) in [6, 6.07) is 0. The Labute approximate surface area is 162 Å². The summed E-state index contributed by atoms with van der Waals surface area (Å²) in [6.07, 6.45) is 1.72. The van der Waals surface area contributed by atoms with E-state index in [1.807, 2.05) is 0 Å². The number of rotatable bonds is 6. The molecule has 4 N–H and O–H groups in total. The Morgan fingerprint density at radius 3 is 1.56 bits per heavy atom. The molecule has 0 rings (SSSR count). The number of aliphatic hydroxyl groups excluding tert-OH is 2. The van der Waals surface area contributed by atoms with E-state index in [1.165, 1.54) is 6.92 Å². The Morgan fingerprint density at radius 2 is 1.41 bits per heavy atom. The van der Waals surface area contributed by atoms with E-state index in [9.17, 15) is 9.59 Å². The molecule has 0 radical (unpaired) electrons. The van der Waals surface area contributed by atoms with Gasteiger partial charge in [0, 0.05) is 33.6 Å². The van der Waals surface area contributed by atoms with Crippen LogP contribution in [0.15, 0.2) is 12.7 Å². The summed E-state index contributed by atoms with van der Waals surface area (Å²) in [7, 11) is 3.25. The molecule has 9 heteroatoms. The number of esters is 1. The fraction of sp³-hybridized carbons (Fsp3) is 0.722. The number of methoxy groups -OCH3 is 1. The van der Waals surface area contributed by atoms with E-state index in [0.717, 1.165) is 19.4 Å². The van der Waals surface area contributed by atoms with Crippen LogP contribution in [0.5, 0.6) is 0 Å². The first-order valence-corrected chi connectivity index (χ1v) is 8.25. The molecule has 164 valence electrons. The highest BCUT2D eigenvalue weighted by Gasteiger charge is 1.98. The number of aliphatic hydroxyl groups is 2. The van der Waals surface area contributed by atoms with Gasteiger partial charge in [-0.3, -0.25) is 9.59 Å². The first-order valence-electron chi connectivity index (χ1n) is 8.25. The quantitative estimate of drug-likeness (QED) is 0.389. The number of carboxylic acids is 2. The number of ether oxygens (including phenoxy) is 2. The molecule has 0 fully saturated rings. The lowest BCUT2D eigenvalue weighted by atomic mass is 10.1. The van der Waals surface area contributed by atoms with Crippen LogP contribution in [-0.4, -0.2) is 71.9 Å². The van der Waals surface area contributed by atoms with Gasteiger partial charge < -0.3 is 29.9 Å². The second-order valence-corrected chi connectivity index (χ2v) is 5.26. The Balaban J connectivity index is -0.0000000812. The van der Waals surface area contributed by atoms with Gasteiger partial charge in [0.15, 0.2) is 0 Å². The van der Waals surface area contributed by atoms with Crippen molar-refractivity contribution >= 4 is 17.9 Å². The third kappa shape index (κ3) is 116. The van der Waals surface area contributed by atoms with Crippen molar-refractivity contribution in [3.05, 3.63) is 12.7 Å². The van der Waals surface area contributed by atoms with Crippen molar-refractivity contribution in [2.24, 2.45) is 5.92 Å². The molecule has 0 aromatic heterocycles. The molecule has 0 aliphatic heterocycles. The predicted octanol–water partition coefficient (Wildman–Crippen LogP) is 1.96. The molecule has 0 amide bonds. The average Bonchev–Trinajstić information content (AvgIpc) is 2.55. The molecular formula is C18H38O9. The topological polar surface area (TPSA) is 151 Å². The van der Waals surface area contributed by atoms with E-state index in [4.69, 9.17) is 30.0 Å². The van der Waals surface area contributed by atoms with Gasteiger partial charge in [-0.25, -0.2) is 4.79 Å². The maximum absolute atomic E-state index is 10.6. The molecule has 1 unspecified atom stereocenters. The van der Waals surface area contributed by atoms with Crippen LogP contribution >= 0.6 is 0 Å². The van der Waals surface area contributed by atoms with Crippen molar-refractivity contribution in [1.82, 2.24) is 0 Å². The van der Waals surface area contributed by atoms with Crippen molar-refractivity contribution < 1.29 is 44.3 Å². The van der Waals surface area contributed by atoms with Crippen molar-refractivity contribution in [3.8, 4) is 0 Å². The highest BCUT2D eigenvalue weighted by atomic mass is 16.5. The van der Waals surface area contributed by atoms with Crippen LogP contribution < -0.4 is 0 Å². The minimum Gasteiger partial charge on any atom is -0.481 e. The van der Waals surface area contributed by atoms with Crippen LogP contribution in [-0.2, 0) is 23.9 Å². The van der Waals surface area contributed by atoms with Crippen LogP contribution in [0.4, 0.5) is 0 Å². The number of hydrogen-bond donors (Lipinski definition) is 4. The van der Waals surface area contributed by atoms with Crippen LogP contribution in [0.2, 0.25) is 0 Å². The van der Waals surface area contributed by atoms with Gasteiger partial charge in [0.1, 0.15) is 0 Å². The van der Waals surface area contributed by atoms with Gasteiger partial charge in [-0.2, -0.15) is 0 Å². The Bertz CT molecular complexity index is 336. The summed E-state index contributed by atoms with van der Waals surface area (Å²) in [6.45, 7) is 12.0. The van der Waals surface area contributed by atoms with Gasteiger partial charge in [0.05, 0.1) is 19.3 Å². The fourth-order valence-corrected chi connectivity index (χ4v) is 0.511. The first-order chi connectivity index (χ1) is 12.4. The lowest BCUT2D eigenvalue weighted by Gasteiger charge is -2.04. The molecule has 0 saturated heterocycles. The molecule has 9 nitrogen and oxygen atoms in total. The second-order valence-electron chi connectivity index (χ2n) is 5.26. The van der Waals surface area contributed by atoms with Crippen molar-refractivity contribution in [3.63, 3.8) is 0 Å². The van der Waals surface area contributed by atoms with Gasteiger partial charge in [0.2, 0.25) is 0 Å². The van der Waals surface area contributed by atoms with Gasteiger partial charge >= 0.3 is 11.9 Å². The molecular weight excluding hydrogens is 360 g/mol. The number of hydrogen-bond acceptors (Lipinski definition) is 7. The monoisotopic (exact) mass is 398 g/mol. The van der Waals surface area contributed by atoms with E-state index in [0.29, 0.717) is 18.9 Å². The van der Waals surface area contributed by atoms with E-state index >= 15 is 0 Å². The zero-order chi connectivity index (χ0) is 22.8. The summed E-state index contributed by atoms with van der Waals surface area (Å²) < 4.78 is 9.11. The fourth-order valence-electron chi connectivity index (χ4n) is 0.511. The molecule has 0 heterocycles. The van der Waals surface area contributed by atoms with Gasteiger partial charge in [-0.05, 0) is 19.3 Å². The third-order valence-corrected chi connectivity index (χ3v) is 1.69. The minimum absolute atomic E-state index is 0.0966. The van der Waals surface area contributed by atoms with E-state index in [1.54, 1.807) is 21.1 Å². The number of aliphatic carboxylic acids is 2. The van der Waals surface area contributed by atoms with Crippen molar-refractivity contribution in [2.45, 2.75) is 53.6 Å². The molecule has 0 aliphatic carbocycles. The maximum Gasteiger partial charge on any atom is 0.327 e. The van der Waals surface area contributed by atoms with Crippen LogP contribution in [0, 0.1) is 5.92 Å². The van der Waals surface area contributed by atoms with Gasteiger partial charge in [-0.1, -0.05) is 27.4 Å². The molecule has 0 aliphatic rings. The lowest BCUT2D eigenvalue weighted by Crippen LogP contribution is -2.05. The molecule has 0 spiro atoms. The third-order valence-electron chi connectivity index (χ3n) is 1.69. The summed E-state index contributed by atoms with van der Waals surface area (Å²) in [5.74, 6) is -1.30. The summed E-state index contributed by atoms with van der Waals surface area (Å²) in [5.41, 5.74) is 0. The molecule has 0 aromatic carbocycles. The van der Waals surface area contributed by atoms with Crippen molar-refractivity contribution in [1.29, 1.82) is 0 Å². The van der Waals surface area contributed by atoms with E-state index in [2.05, 4.69) is 25.2 Å². The van der Waals surface area contributed by atoms with Gasteiger partial charge in [-0.15, -0.1) is 0 Å². The van der Waals surface area contributed by atoms with Crippen molar-refractivity contribution in [2.75, 3.05) is 27.4 Å². The molecule has 0 saturated carbocycles. The average molecular weight is 398 g/mol.